The molecular formula is C31H46O9. The number of hydrogen-bond acceptors (Lipinski definition) is 9. The third-order valence-electron chi connectivity index (χ3n) is 12.4. The first kappa shape index (κ1) is 28.6. The fourth-order valence-corrected chi connectivity index (χ4v) is 10.3. The first-order valence-electron chi connectivity index (χ1n) is 15.2. The van der Waals surface area contributed by atoms with Gasteiger partial charge in [-0.15, -0.1) is 0 Å². The normalized spacial score (nSPS) is 52.1. The lowest BCUT2D eigenvalue weighted by Crippen LogP contribution is -2.62. The van der Waals surface area contributed by atoms with E-state index < -0.39 is 23.2 Å². The molecule has 9 nitrogen and oxygen atoms in total. The maximum absolute atomic E-state index is 12.6. The zero-order chi connectivity index (χ0) is 28.4. The van der Waals surface area contributed by atoms with E-state index in [1.807, 2.05) is 6.92 Å². The number of carbonyl (C=O) groups is 2. The van der Waals surface area contributed by atoms with E-state index in [9.17, 15) is 19.8 Å². The van der Waals surface area contributed by atoms with E-state index in [4.69, 9.17) is 23.7 Å². The zero-order valence-electron chi connectivity index (χ0n) is 24.3. The van der Waals surface area contributed by atoms with Gasteiger partial charge in [0, 0.05) is 37.4 Å². The molecule has 0 aromatic heterocycles. The summed E-state index contributed by atoms with van der Waals surface area (Å²) in [6.07, 6.45) is 7.14. The second kappa shape index (κ2) is 10.3. The molecular weight excluding hydrogens is 516 g/mol. The van der Waals surface area contributed by atoms with Crippen molar-refractivity contribution in [1.29, 1.82) is 0 Å². The molecule has 2 heterocycles. The van der Waals surface area contributed by atoms with Crippen molar-refractivity contribution in [1.82, 2.24) is 0 Å². The van der Waals surface area contributed by atoms with Gasteiger partial charge in [-0.05, 0) is 80.6 Å². The minimum absolute atomic E-state index is 0.0939. The molecule has 0 radical (unpaired) electrons. The number of hydrogen-bond donors (Lipinski definition) is 2. The fraction of sp³-hybridized carbons (Fsp3) is 0.871. The molecule has 6 rings (SSSR count). The second-order valence-corrected chi connectivity index (χ2v) is 14.0. The lowest BCUT2D eigenvalue weighted by Gasteiger charge is -2.63. The van der Waals surface area contributed by atoms with Crippen molar-refractivity contribution in [3.8, 4) is 0 Å². The average molecular weight is 563 g/mol. The van der Waals surface area contributed by atoms with Gasteiger partial charge in [0.1, 0.15) is 18.8 Å². The maximum Gasteiger partial charge on any atom is 0.331 e. The number of methoxy groups -OCH3 is 1. The number of cyclic esters (lactones) is 1. The molecule has 0 spiro atoms. The van der Waals surface area contributed by atoms with Gasteiger partial charge in [-0.2, -0.15) is 0 Å². The lowest BCUT2D eigenvalue weighted by molar-refractivity contribution is -0.273. The molecule has 0 aromatic rings. The van der Waals surface area contributed by atoms with Gasteiger partial charge >= 0.3 is 5.97 Å². The van der Waals surface area contributed by atoms with Crippen LogP contribution < -0.4 is 0 Å². The number of esters is 1. The molecule has 0 amide bonds. The number of carbonyl (C=O) groups excluding carboxylic acids is 2. The number of fused-ring (bicyclic) bond motifs is 5. The molecule has 9 heteroatoms. The van der Waals surface area contributed by atoms with Crippen LogP contribution in [0.2, 0.25) is 0 Å². The highest BCUT2D eigenvalue weighted by Gasteiger charge is 2.70. The van der Waals surface area contributed by atoms with Gasteiger partial charge in [-0.25, -0.2) is 4.79 Å². The van der Waals surface area contributed by atoms with E-state index in [0.717, 1.165) is 50.5 Å². The Morgan fingerprint density at radius 3 is 2.58 bits per heavy atom. The van der Waals surface area contributed by atoms with Gasteiger partial charge in [0.25, 0.3) is 6.47 Å². The standard InChI is InChI=1S/C31H46O9/c1-17-28(34)23(36-4)13-26(39-17)40-20-7-9-29(2)19(12-20)5-6-22-21(29)8-10-30(3)27(18-11-25(33)37-15-18)24(38-16-32)14-31(22,30)35/h11,16-17,19-24,26-28,34-35H,5-10,12-15H2,1-4H3/t17-,19-,20+,21+,22-,23+,24+,26+,27+,28+,29+,30-,31+/m1/s1. The van der Waals surface area contributed by atoms with Crippen LogP contribution in [0.5, 0.6) is 0 Å². The van der Waals surface area contributed by atoms with E-state index in [-0.39, 0.29) is 54.4 Å². The van der Waals surface area contributed by atoms with Crippen molar-refractivity contribution < 1.29 is 43.5 Å². The summed E-state index contributed by atoms with van der Waals surface area (Å²) in [5.74, 6) is 0.389. The molecule has 5 fully saturated rings. The van der Waals surface area contributed by atoms with E-state index in [1.165, 1.54) is 0 Å². The molecule has 4 saturated carbocycles. The zero-order valence-corrected chi connectivity index (χ0v) is 24.3. The third kappa shape index (κ3) is 4.29. The van der Waals surface area contributed by atoms with Crippen molar-refractivity contribution in [2.75, 3.05) is 13.7 Å². The van der Waals surface area contributed by atoms with E-state index >= 15 is 0 Å². The van der Waals surface area contributed by atoms with Gasteiger partial charge in [-0.3, -0.25) is 4.79 Å². The summed E-state index contributed by atoms with van der Waals surface area (Å²) >= 11 is 0. The van der Waals surface area contributed by atoms with Crippen molar-refractivity contribution in [3.63, 3.8) is 0 Å². The van der Waals surface area contributed by atoms with Crippen LogP contribution in [-0.4, -0.2) is 78.8 Å². The number of ether oxygens (including phenoxy) is 5. The molecule has 224 valence electrons. The first-order chi connectivity index (χ1) is 19.0. The Morgan fingerprint density at radius 2 is 1.88 bits per heavy atom. The Bertz CT molecular complexity index is 1030. The Hall–Kier alpha value is -1.52. The van der Waals surface area contributed by atoms with Crippen molar-refractivity contribution in [3.05, 3.63) is 11.6 Å². The summed E-state index contributed by atoms with van der Waals surface area (Å²) in [7, 11) is 1.62. The lowest BCUT2D eigenvalue weighted by atomic mass is 9.43. The van der Waals surface area contributed by atoms with Gasteiger partial charge in [0.15, 0.2) is 6.29 Å². The SMILES string of the molecule is CO[C@H]1C[C@H](O[C@H]2CC[C@@]3(C)[C@H](CC[C@@H]4[C@@H]3CC[C@]3(C)[C@@H](C5=CC(=O)OC5)[C@@H](OC=O)C[C@]43O)C2)O[C@H](C)[C@@H]1O. The maximum atomic E-state index is 12.6. The van der Waals surface area contributed by atoms with Crippen molar-refractivity contribution in [2.24, 2.45) is 34.5 Å². The van der Waals surface area contributed by atoms with E-state index in [1.54, 1.807) is 13.2 Å². The highest BCUT2D eigenvalue weighted by molar-refractivity contribution is 5.85. The summed E-state index contributed by atoms with van der Waals surface area (Å²) < 4.78 is 28.8. The summed E-state index contributed by atoms with van der Waals surface area (Å²) in [6.45, 7) is 7.12. The van der Waals surface area contributed by atoms with Crippen LogP contribution in [0.15, 0.2) is 11.6 Å². The van der Waals surface area contributed by atoms with Crippen LogP contribution in [-0.2, 0) is 33.3 Å². The van der Waals surface area contributed by atoms with Gasteiger partial charge in [0.05, 0.1) is 23.9 Å². The van der Waals surface area contributed by atoms with E-state index in [2.05, 4.69) is 13.8 Å². The highest BCUT2D eigenvalue weighted by atomic mass is 16.7. The van der Waals surface area contributed by atoms with Crippen molar-refractivity contribution in [2.45, 2.75) is 121 Å². The predicted octanol–water partition coefficient (Wildman–Crippen LogP) is 3.29. The predicted molar refractivity (Wildman–Crippen MR) is 143 cm³/mol. The Kier molecular flexibility index (Phi) is 7.39. The van der Waals surface area contributed by atoms with Crippen molar-refractivity contribution >= 4 is 12.4 Å². The topological polar surface area (TPSA) is 121 Å². The quantitative estimate of drug-likeness (QED) is 0.285. The summed E-state index contributed by atoms with van der Waals surface area (Å²) in [4.78, 5) is 23.5. The number of aliphatic hydroxyl groups is 2. The summed E-state index contributed by atoms with van der Waals surface area (Å²) in [5, 5.41) is 22.9. The molecule has 0 unspecified atom stereocenters. The Morgan fingerprint density at radius 1 is 1.07 bits per heavy atom. The Balaban J connectivity index is 1.19. The smallest absolute Gasteiger partial charge is 0.331 e. The molecule has 6 aliphatic rings. The molecule has 2 aliphatic heterocycles. The minimum Gasteiger partial charge on any atom is -0.464 e. The van der Waals surface area contributed by atoms with Gasteiger partial charge in [0.2, 0.25) is 0 Å². The first-order valence-corrected chi connectivity index (χ1v) is 15.2. The highest BCUT2D eigenvalue weighted by Crippen LogP contribution is 2.70. The van der Waals surface area contributed by atoms with E-state index in [0.29, 0.717) is 31.1 Å². The van der Waals surface area contributed by atoms with Crippen LogP contribution in [0, 0.1) is 34.5 Å². The number of aliphatic hydroxyl groups excluding tert-OH is 1. The van der Waals surface area contributed by atoms with Crippen LogP contribution in [0.25, 0.3) is 0 Å². The largest absolute Gasteiger partial charge is 0.464 e. The molecule has 0 bridgehead atoms. The molecule has 4 aliphatic carbocycles. The number of rotatable bonds is 6. The summed E-state index contributed by atoms with van der Waals surface area (Å²) in [5.41, 5.74) is -0.544. The van der Waals surface area contributed by atoms with Gasteiger partial charge < -0.3 is 33.9 Å². The molecule has 2 N–H and O–H groups in total. The molecule has 13 atom stereocenters. The molecule has 0 aromatic carbocycles. The van der Waals surface area contributed by atoms with Crippen LogP contribution in [0.4, 0.5) is 0 Å². The minimum atomic E-state index is -0.982. The van der Waals surface area contributed by atoms with Crippen LogP contribution in [0.3, 0.4) is 0 Å². The van der Waals surface area contributed by atoms with Crippen LogP contribution in [0.1, 0.15) is 78.6 Å². The molecule has 1 saturated heterocycles. The Labute approximate surface area is 236 Å². The second-order valence-electron chi connectivity index (χ2n) is 14.0. The summed E-state index contributed by atoms with van der Waals surface area (Å²) in [6, 6.07) is 0. The average Bonchev–Trinajstić information content (AvgIpc) is 3.43. The third-order valence-corrected chi connectivity index (χ3v) is 12.4. The fourth-order valence-electron chi connectivity index (χ4n) is 10.3. The van der Waals surface area contributed by atoms with Gasteiger partial charge in [-0.1, -0.05) is 13.8 Å². The monoisotopic (exact) mass is 562 g/mol. The molecule has 40 heavy (non-hydrogen) atoms. The van der Waals surface area contributed by atoms with Crippen LogP contribution >= 0.6 is 0 Å².